The molecule has 15 heavy (non-hydrogen) atoms. The van der Waals surface area contributed by atoms with E-state index in [0.717, 1.165) is 19.4 Å². The average molecular weight is 212 g/mol. The van der Waals surface area contributed by atoms with Gasteiger partial charge in [0.05, 0.1) is 5.41 Å². The van der Waals surface area contributed by atoms with Gasteiger partial charge in [-0.25, -0.2) is 0 Å². The fourth-order valence-electron chi connectivity index (χ4n) is 1.88. The van der Waals surface area contributed by atoms with Crippen LogP contribution >= 0.6 is 0 Å². The molecule has 1 saturated carbocycles. The van der Waals surface area contributed by atoms with Crippen molar-refractivity contribution in [3.8, 4) is 0 Å². The van der Waals surface area contributed by atoms with Crippen LogP contribution < -0.4 is 5.73 Å². The molecule has 0 atom stereocenters. The Hall–Kier alpha value is -0.570. The molecule has 1 aliphatic carbocycles. The molecule has 88 valence electrons. The summed E-state index contributed by atoms with van der Waals surface area (Å²) >= 11 is 0. The molecule has 1 aliphatic rings. The Morgan fingerprint density at radius 2 is 1.87 bits per heavy atom. The molecular weight excluding hydrogens is 188 g/mol. The van der Waals surface area contributed by atoms with Gasteiger partial charge in [0.15, 0.2) is 0 Å². The smallest absolute Gasteiger partial charge is 0.230 e. The Balaban J connectivity index is 2.68. The molecule has 0 radical (unpaired) electrons. The van der Waals surface area contributed by atoms with Crippen LogP contribution in [0.25, 0.3) is 0 Å². The third kappa shape index (κ3) is 2.71. The predicted octanol–water partition coefficient (Wildman–Crippen LogP) is 1.62. The Labute approximate surface area is 93.0 Å². The first-order valence-electron chi connectivity index (χ1n) is 5.94. The van der Waals surface area contributed by atoms with Gasteiger partial charge in [0.1, 0.15) is 0 Å². The fraction of sp³-hybridized carbons (Fsp3) is 0.917. The molecule has 0 saturated heterocycles. The summed E-state index contributed by atoms with van der Waals surface area (Å²) in [6, 6.07) is 0.281. The summed E-state index contributed by atoms with van der Waals surface area (Å²) in [5, 5.41) is 0. The fourth-order valence-corrected chi connectivity index (χ4v) is 1.88. The van der Waals surface area contributed by atoms with Crippen molar-refractivity contribution in [3.05, 3.63) is 0 Å². The van der Waals surface area contributed by atoms with Gasteiger partial charge in [0.25, 0.3) is 0 Å². The molecule has 0 aliphatic heterocycles. The third-order valence-electron chi connectivity index (χ3n) is 3.14. The Morgan fingerprint density at radius 3 is 2.13 bits per heavy atom. The standard InChI is InChI=1S/C12H24N2O/c1-9(2)7-14(10(3)4)11(15)12(8-13)5-6-12/h9-10H,5-8,13H2,1-4H3. The number of rotatable bonds is 5. The van der Waals surface area contributed by atoms with E-state index < -0.39 is 0 Å². The van der Waals surface area contributed by atoms with Crippen molar-refractivity contribution in [2.75, 3.05) is 13.1 Å². The average Bonchev–Trinajstić information content (AvgIpc) is 2.93. The maximum absolute atomic E-state index is 12.3. The van der Waals surface area contributed by atoms with Crippen LogP contribution in [0, 0.1) is 11.3 Å². The minimum Gasteiger partial charge on any atom is -0.339 e. The van der Waals surface area contributed by atoms with E-state index in [0.29, 0.717) is 12.5 Å². The van der Waals surface area contributed by atoms with Gasteiger partial charge < -0.3 is 10.6 Å². The molecule has 0 unspecified atom stereocenters. The summed E-state index contributed by atoms with van der Waals surface area (Å²) in [5.74, 6) is 0.790. The highest BCUT2D eigenvalue weighted by molar-refractivity contribution is 5.85. The number of hydrogen-bond acceptors (Lipinski definition) is 2. The maximum atomic E-state index is 12.3. The van der Waals surface area contributed by atoms with Crippen LogP contribution in [0.15, 0.2) is 0 Å². The molecule has 0 spiro atoms. The zero-order valence-corrected chi connectivity index (χ0v) is 10.4. The molecule has 0 aromatic carbocycles. The highest BCUT2D eigenvalue weighted by Gasteiger charge is 2.50. The number of nitrogens with zero attached hydrogens (tertiary/aromatic N) is 1. The van der Waals surface area contributed by atoms with Crippen molar-refractivity contribution in [2.45, 2.75) is 46.6 Å². The van der Waals surface area contributed by atoms with Crippen molar-refractivity contribution in [2.24, 2.45) is 17.1 Å². The quantitative estimate of drug-likeness (QED) is 0.752. The van der Waals surface area contributed by atoms with E-state index >= 15 is 0 Å². The van der Waals surface area contributed by atoms with Gasteiger partial charge in [-0.1, -0.05) is 13.8 Å². The number of hydrogen-bond donors (Lipinski definition) is 1. The summed E-state index contributed by atoms with van der Waals surface area (Å²) in [6.07, 6.45) is 1.95. The van der Waals surface area contributed by atoms with E-state index in [1.54, 1.807) is 0 Å². The van der Waals surface area contributed by atoms with E-state index in [-0.39, 0.29) is 17.4 Å². The summed E-state index contributed by atoms with van der Waals surface area (Å²) < 4.78 is 0. The van der Waals surface area contributed by atoms with Gasteiger partial charge >= 0.3 is 0 Å². The summed E-state index contributed by atoms with van der Waals surface area (Å²) in [4.78, 5) is 14.3. The molecule has 3 nitrogen and oxygen atoms in total. The van der Waals surface area contributed by atoms with Gasteiger partial charge in [-0.2, -0.15) is 0 Å². The zero-order chi connectivity index (χ0) is 11.6. The van der Waals surface area contributed by atoms with Crippen LogP contribution in [0.4, 0.5) is 0 Å². The second-order valence-electron chi connectivity index (χ2n) is 5.43. The first-order chi connectivity index (χ1) is 6.93. The van der Waals surface area contributed by atoms with E-state index in [2.05, 4.69) is 27.7 Å². The summed E-state index contributed by atoms with van der Waals surface area (Å²) in [6.45, 7) is 9.79. The highest BCUT2D eigenvalue weighted by Crippen LogP contribution is 2.46. The van der Waals surface area contributed by atoms with Gasteiger partial charge in [0, 0.05) is 19.1 Å². The highest BCUT2D eigenvalue weighted by atomic mass is 16.2. The second kappa shape index (κ2) is 4.52. The molecule has 3 heteroatoms. The lowest BCUT2D eigenvalue weighted by Crippen LogP contribution is -2.45. The molecule has 1 fully saturated rings. The molecule has 0 heterocycles. The van der Waals surface area contributed by atoms with Crippen molar-refractivity contribution in [1.29, 1.82) is 0 Å². The lowest BCUT2D eigenvalue weighted by atomic mass is 10.0. The van der Waals surface area contributed by atoms with Crippen molar-refractivity contribution < 1.29 is 4.79 Å². The van der Waals surface area contributed by atoms with Crippen LogP contribution in [0.3, 0.4) is 0 Å². The van der Waals surface area contributed by atoms with E-state index in [1.165, 1.54) is 0 Å². The lowest BCUT2D eigenvalue weighted by Gasteiger charge is -2.31. The minimum absolute atomic E-state index is 0.195. The Kier molecular flexibility index (Phi) is 3.77. The number of nitrogens with two attached hydrogens (primary N) is 1. The van der Waals surface area contributed by atoms with Crippen LogP contribution in [0.1, 0.15) is 40.5 Å². The number of amides is 1. The van der Waals surface area contributed by atoms with Gasteiger partial charge in [-0.3, -0.25) is 4.79 Å². The molecule has 0 bridgehead atoms. The van der Waals surface area contributed by atoms with Crippen molar-refractivity contribution >= 4 is 5.91 Å². The van der Waals surface area contributed by atoms with Crippen LogP contribution in [0.2, 0.25) is 0 Å². The van der Waals surface area contributed by atoms with E-state index in [1.807, 2.05) is 4.90 Å². The molecular formula is C12H24N2O. The normalized spacial score (nSPS) is 18.3. The van der Waals surface area contributed by atoms with Gasteiger partial charge in [-0.15, -0.1) is 0 Å². The molecule has 0 aromatic heterocycles. The summed E-state index contributed by atoms with van der Waals surface area (Å²) in [7, 11) is 0. The van der Waals surface area contributed by atoms with Crippen molar-refractivity contribution in [1.82, 2.24) is 4.90 Å². The van der Waals surface area contributed by atoms with E-state index in [9.17, 15) is 4.79 Å². The molecule has 2 N–H and O–H groups in total. The van der Waals surface area contributed by atoms with Crippen LogP contribution in [-0.4, -0.2) is 29.9 Å². The SMILES string of the molecule is CC(C)CN(C(=O)C1(CN)CC1)C(C)C. The van der Waals surface area contributed by atoms with Gasteiger partial charge in [0.2, 0.25) is 5.91 Å². The number of carbonyl (C=O) groups is 1. The van der Waals surface area contributed by atoms with Crippen LogP contribution in [-0.2, 0) is 4.79 Å². The third-order valence-corrected chi connectivity index (χ3v) is 3.14. The number of carbonyl (C=O) groups excluding carboxylic acids is 1. The zero-order valence-electron chi connectivity index (χ0n) is 10.4. The topological polar surface area (TPSA) is 46.3 Å². The predicted molar refractivity (Wildman–Crippen MR) is 62.4 cm³/mol. The largest absolute Gasteiger partial charge is 0.339 e. The van der Waals surface area contributed by atoms with Gasteiger partial charge in [-0.05, 0) is 32.6 Å². The summed E-state index contributed by atoms with van der Waals surface area (Å²) in [5.41, 5.74) is 5.50. The first kappa shape index (κ1) is 12.5. The Bertz CT molecular complexity index is 232. The maximum Gasteiger partial charge on any atom is 0.230 e. The van der Waals surface area contributed by atoms with Crippen molar-refractivity contribution in [3.63, 3.8) is 0 Å². The minimum atomic E-state index is -0.195. The van der Waals surface area contributed by atoms with Crippen LogP contribution in [0.5, 0.6) is 0 Å². The first-order valence-corrected chi connectivity index (χ1v) is 5.94. The monoisotopic (exact) mass is 212 g/mol. The molecule has 1 rings (SSSR count). The Morgan fingerprint density at radius 1 is 1.33 bits per heavy atom. The molecule has 0 aromatic rings. The lowest BCUT2D eigenvalue weighted by molar-refractivity contribution is -0.139. The second-order valence-corrected chi connectivity index (χ2v) is 5.43. The van der Waals surface area contributed by atoms with E-state index in [4.69, 9.17) is 5.73 Å². The molecule has 1 amide bonds.